The van der Waals surface area contributed by atoms with Crippen molar-refractivity contribution in [3.05, 3.63) is 72.3 Å². The maximum atomic E-state index is 2.42. The zero-order valence-corrected chi connectivity index (χ0v) is 21.1. The molecular formula is C31H48N2+2. The van der Waals surface area contributed by atoms with Crippen molar-refractivity contribution in [2.75, 3.05) is 0 Å². The summed E-state index contributed by atoms with van der Waals surface area (Å²) in [4.78, 5) is 0. The van der Waals surface area contributed by atoms with Gasteiger partial charge < -0.3 is 0 Å². The molecule has 0 radical (unpaired) electrons. The summed E-state index contributed by atoms with van der Waals surface area (Å²) in [7, 11) is 0. The molecule has 4 bridgehead atoms. The second kappa shape index (κ2) is 16.6. The SMILES string of the molecule is C1=C\CC[n+]2cccc(c2)CCCCCCCCCC[n+]2cccc(c2)CCCCCCC/1. The Labute approximate surface area is 203 Å². The predicted molar refractivity (Wildman–Crippen MR) is 139 cm³/mol. The van der Waals surface area contributed by atoms with Crippen molar-refractivity contribution in [2.45, 2.75) is 122 Å². The van der Waals surface area contributed by atoms with Gasteiger partial charge in [-0.2, -0.15) is 0 Å². The normalized spacial score (nSPS) is 19.9. The van der Waals surface area contributed by atoms with Gasteiger partial charge in [0.2, 0.25) is 0 Å². The summed E-state index contributed by atoms with van der Waals surface area (Å²) in [5.74, 6) is 0. The molecule has 0 N–H and O–H groups in total. The van der Waals surface area contributed by atoms with Gasteiger partial charge in [0.05, 0.1) is 0 Å². The number of nitrogens with zero attached hydrogens (tertiary/aromatic N) is 2. The van der Waals surface area contributed by atoms with Crippen molar-refractivity contribution < 1.29 is 9.13 Å². The first-order valence-electron chi connectivity index (χ1n) is 14.0. The number of fused-ring (bicyclic) bond motifs is 4. The van der Waals surface area contributed by atoms with E-state index in [0.29, 0.717) is 0 Å². The predicted octanol–water partition coefficient (Wildman–Crippen LogP) is 7.47. The molecule has 180 valence electrons. The number of aryl methyl sites for hydroxylation is 4. The van der Waals surface area contributed by atoms with Gasteiger partial charge in [0.25, 0.3) is 0 Å². The standard InChI is InChI=1S/C31H48N2/c1-2-6-10-14-20-30-22-18-27-33(28-30)25-17-13-9-5-3-7-11-15-21-31-23-19-26-32(29-31)24-16-12-8-4-1/h8,12,18-19,22-23,26-29H,1-7,9-11,13-17,20-21,24-25H2/q+2/b12-8-. The topological polar surface area (TPSA) is 7.76 Å². The van der Waals surface area contributed by atoms with Gasteiger partial charge in [-0.05, 0) is 57.1 Å². The van der Waals surface area contributed by atoms with Crippen molar-refractivity contribution in [3.8, 4) is 0 Å². The Kier molecular flexibility index (Phi) is 12.9. The number of allylic oxidation sites excluding steroid dienone is 2. The van der Waals surface area contributed by atoms with E-state index in [4.69, 9.17) is 0 Å². The number of rotatable bonds is 0. The minimum Gasteiger partial charge on any atom is -0.205 e. The van der Waals surface area contributed by atoms with Crippen LogP contribution in [0.5, 0.6) is 0 Å². The van der Waals surface area contributed by atoms with Crippen molar-refractivity contribution >= 4 is 0 Å². The van der Waals surface area contributed by atoms with Gasteiger partial charge in [0.1, 0.15) is 6.54 Å². The van der Waals surface area contributed by atoms with Crippen LogP contribution < -0.4 is 9.13 Å². The summed E-state index contributed by atoms with van der Waals surface area (Å²) < 4.78 is 4.79. The van der Waals surface area contributed by atoms with Gasteiger partial charge in [0, 0.05) is 36.1 Å². The molecule has 2 heteroatoms. The van der Waals surface area contributed by atoms with E-state index in [2.05, 4.69) is 70.3 Å². The van der Waals surface area contributed by atoms with Crippen molar-refractivity contribution in [3.63, 3.8) is 0 Å². The lowest BCUT2D eigenvalue weighted by atomic mass is 10.0. The molecule has 0 saturated carbocycles. The Morgan fingerprint density at radius 1 is 0.455 bits per heavy atom. The molecule has 0 aliphatic carbocycles. The van der Waals surface area contributed by atoms with E-state index in [-0.39, 0.29) is 0 Å². The lowest BCUT2D eigenvalue weighted by Gasteiger charge is -2.04. The van der Waals surface area contributed by atoms with Gasteiger partial charge in [-0.1, -0.05) is 63.5 Å². The molecule has 1 aliphatic rings. The second-order valence-electron chi connectivity index (χ2n) is 10.0. The number of pyridine rings is 2. The first-order chi connectivity index (χ1) is 16.4. The van der Waals surface area contributed by atoms with Crippen LogP contribution in [0.3, 0.4) is 0 Å². The minimum atomic E-state index is 1.10. The van der Waals surface area contributed by atoms with Gasteiger partial charge in [0.15, 0.2) is 31.3 Å². The Hall–Kier alpha value is -1.96. The van der Waals surface area contributed by atoms with E-state index in [1.54, 1.807) is 0 Å². The highest BCUT2D eigenvalue weighted by atomic mass is 14.9. The molecular weight excluding hydrogens is 400 g/mol. The highest BCUT2D eigenvalue weighted by Gasteiger charge is 2.04. The highest BCUT2D eigenvalue weighted by Crippen LogP contribution is 2.12. The average molecular weight is 449 g/mol. The van der Waals surface area contributed by atoms with Gasteiger partial charge >= 0.3 is 0 Å². The zero-order valence-electron chi connectivity index (χ0n) is 21.1. The van der Waals surface area contributed by atoms with E-state index < -0.39 is 0 Å². The summed E-state index contributed by atoms with van der Waals surface area (Å²) in [6, 6.07) is 9.09. The monoisotopic (exact) mass is 448 g/mol. The van der Waals surface area contributed by atoms with Crippen molar-refractivity contribution in [1.82, 2.24) is 0 Å². The summed E-state index contributed by atoms with van der Waals surface area (Å²) in [5, 5.41) is 0. The van der Waals surface area contributed by atoms with Gasteiger partial charge in [-0.25, -0.2) is 9.13 Å². The van der Waals surface area contributed by atoms with Crippen LogP contribution in [0.4, 0.5) is 0 Å². The van der Waals surface area contributed by atoms with Crippen molar-refractivity contribution in [2.24, 2.45) is 0 Å². The van der Waals surface area contributed by atoms with Gasteiger partial charge in [-0.15, -0.1) is 0 Å². The van der Waals surface area contributed by atoms with Crippen LogP contribution in [0.1, 0.15) is 107 Å². The molecule has 1 aliphatic heterocycles. The lowest BCUT2D eigenvalue weighted by Crippen LogP contribution is -2.33. The van der Waals surface area contributed by atoms with E-state index in [1.165, 1.54) is 120 Å². The summed E-state index contributed by atoms with van der Waals surface area (Å²) in [6.45, 7) is 2.28. The van der Waals surface area contributed by atoms with E-state index in [9.17, 15) is 0 Å². The van der Waals surface area contributed by atoms with E-state index in [0.717, 1.165) is 13.0 Å². The van der Waals surface area contributed by atoms with Crippen LogP contribution in [0, 0.1) is 0 Å². The van der Waals surface area contributed by atoms with E-state index >= 15 is 0 Å². The Balaban J connectivity index is 1.43. The molecule has 2 aromatic heterocycles. The number of hydrogen-bond acceptors (Lipinski definition) is 0. The molecule has 0 aromatic carbocycles. The number of hydrogen-bond donors (Lipinski definition) is 0. The van der Waals surface area contributed by atoms with E-state index in [1.807, 2.05) is 0 Å². The molecule has 2 aromatic rings. The third-order valence-corrected chi connectivity index (χ3v) is 7.03. The average Bonchev–Trinajstić information content (AvgIpc) is 2.84. The molecule has 0 fully saturated rings. The van der Waals surface area contributed by atoms with Crippen LogP contribution in [-0.2, 0) is 25.9 Å². The first-order valence-corrected chi connectivity index (χ1v) is 14.0. The van der Waals surface area contributed by atoms with Crippen molar-refractivity contribution in [1.29, 1.82) is 0 Å². The lowest BCUT2D eigenvalue weighted by molar-refractivity contribution is -0.697. The van der Waals surface area contributed by atoms with Crippen LogP contribution in [0.15, 0.2) is 61.2 Å². The molecule has 0 amide bonds. The third kappa shape index (κ3) is 11.6. The minimum absolute atomic E-state index is 1.10. The fourth-order valence-electron chi connectivity index (χ4n) is 4.99. The zero-order chi connectivity index (χ0) is 22.8. The fraction of sp³-hybridized carbons (Fsp3) is 0.613. The third-order valence-electron chi connectivity index (χ3n) is 7.03. The Morgan fingerprint density at radius 3 is 1.58 bits per heavy atom. The molecule has 0 spiro atoms. The molecule has 0 unspecified atom stereocenters. The van der Waals surface area contributed by atoms with Crippen LogP contribution in [-0.4, -0.2) is 0 Å². The second-order valence-corrected chi connectivity index (χ2v) is 10.0. The summed E-state index contributed by atoms with van der Waals surface area (Å²) >= 11 is 0. The van der Waals surface area contributed by atoms with Crippen LogP contribution in [0.25, 0.3) is 0 Å². The molecule has 33 heavy (non-hydrogen) atoms. The molecule has 0 saturated heterocycles. The maximum absolute atomic E-state index is 2.42. The first kappa shape index (κ1) is 25.7. The summed E-state index contributed by atoms with van der Waals surface area (Å²) in [5.41, 5.74) is 3.02. The summed E-state index contributed by atoms with van der Waals surface area (Å²) in [6.07, 6.45) is 36.7. The molecule has 3 heterocycles. The fourth-order valence-corrected chi connectivity index (χ4v) is 4.99. The Bertz CT molecular complexity index is 795. The molecule has 3 rings (SSSR count). The van der Waals surface area contributed by atoms with Crippen LogP contribution >= 0.6 is 0 Å². The largest absolute Gasteiger partial charge is 0.205 e. The maximum Gasteiger partial charge on any atom is 0.171 e. The molecule has 2 nitrogen and oxygen atoms in total. The van der Waals surface area contributed by atoms with Gasteiger partial charge in [-0.3, -0.25) is 0 Å². The molecule has 0 atom stereocenters. The highest BCUT2D eigenvalue weighted by molar-refractivity contribution is 5.06. The number of aromatic nitrogens is 2. The Morgan fingerprint density at radius 2 is 0.939 bits per heavy atom. The smallest absolute Gasteiger partial charge is 0.171 e. The van der Waals surface area contributed by atoms with Crippen LogP contribution in [0.2, 0.25) is 0 Å². The quantitative estimate of drug-likeness (QED) is 0.292.